The van der Waals surface area contributed by atoms with Gasteiger partial charge in [-0.25, -0.2) is 16.8 Å². The minimum Gasteiger partial charge on any atom is -0.741 e. The average Bonchev–Trinajstić information content (AvgIpc) is 3.32. The number of nitrogens with zero attached hydrogens (tertiary/aromatic N) is 12. The second-order valence-corrected chi connectivity index (χ2v) is 14.5. The van der Waals surface area contributed by atoms with Crippen LogP contribution in [0, 0.1) is 0 Å². The van der Waals surface area contributed by atoms with Gasteiger partial charge in [-0.2, -0.15) is 26.3 Å². The number of halogens is 6. The van der Waals surface area contributed by atoms with E-state index in [2.05, 4.69) is 61.1 Å². The van der Waals surface area contributed by atoms with Crippen molar-refractivity contribution in [3.05, 3.63) is 216 Å². The summed E-state index contributed by atoms with van der Waals surface area (Å²) in [5.41, 5.74) is -11.3. The van der Waals surface area contributed by atoms with Crippen LogP contribution in [-0.2, 0) is 62.4 Å². The standard InChI is InChI=1S/4C10H8N3.2CHF3O3S.Mo.W/c4*1-3-7-11-9(5-1)13-10-6-2-4-8-12-10;2*2-1(3,4)8(5,6)7;;/h4*1-8H;2*(H,5,6,7);;/q4*-1;;;+3;/p-2. The van der Waals surface area contributed by atoms with Gasteiger partial charge in [-0.05, 0) is 98.1 Å². The third kappa shape index (κ3) is 26.6. The Morgan fingerprint density at radius 3 is 0.500 bits per heavy atom. The Labute approximate surface area is 426 Å². The van der Waals surface area contributed by atoms with Gasteiger partial charge in [0.15, 0.2) is 20.2 Å². The molecule has 1 radical (unpaired) electrons. The molecule has 0 aliphatic heterocycles. The van der Waals surface area contributed by atoms with Gasteiger partial charge in [0.05, 0.1) is 0 Å². The molecule has 8 aromatic heterocycles. The number of aromatic nitrogens is 8. The number of alkyl halides is 6. The van der Waals surface area contributed by atoms with Crippen molar-refractivity contribution >= 4 is 66.8 Å². The molecule has 0 saturated heterocycles. The largest absolute Gasteiger partial charge is 3.00 e. The summed E-state index contributed by atoms with van der Waals surface area (Å²) in [5.74, 6) is 5.45. The van der Waals surface area contributed by atoms with E-state index in [9.17, 15) is 26.3 Å². The van der Waals surface area contributed by atoms with Crippen molar-refractivity contribution < 1.29 is 94.4 Å². The summed E-state index contributed by atoms with van der Waals surface area (Å²) < 4.78 is 118. The zero-order chi connectivity index (χ0) is 49.7. The van der Waals surface area contributed by atoms with Crippen LogP contribution in [0.3, 0.4) is 0 Å². The van der Waals surface area contributed by atoms with Crippen LogP contribution < -0.4 is 0 Å². The Kier molecular flexibility index (Phi) is 28.0. The zero-order valence-electron chi connectivity index (χ0n) is 35.2. The van der Waals surface area contributed by atoms with Crippen LogP contribution in [0.2, 0.25) is 0 Å². The number of pyridine rings is 8. The average molecular weight is 1260 g/mol. The van der Waals surface area contributed by atoms with Crippen molar-refractivity contribution in [1.29, 1.82) is 0 Å². The molecule has 70 heavy (non-hydrogen) atoms. The Hall–Kier alpha value is -6.82. The molecule has 0 spiro atoms. The fraction of sp³-hybridized carbons (Fsp3) is 0.0476. The van der Waals surface area contributed by atoms with Gasteiger partial charge in [-0.1, -0.05) is 97.1 Å². The molecule has 0 N–H and O–H groups in total. The fourth-order valence-electron chi connectivity index (χ4n) is 3.83. The van der Waals surface area contributed by atoms with Crippen molar-refractivity contribution in [2.75, 3.05) is 0 Å². The predicted octanol–water partition coefficient (Wildman–Crippen LogP) is 11.4. The van der Waals surface area contributed by atoms with E-state index >= 15 is 0 Å². The van der Waals surface area contributed by atoms with E-state index in [-0.39, 0.29) is 42.1 Å². The minimum absolute atomic E-state index is 0. The van der Waals surface area contributed by atoms with Gasteiger partial charge in [0.25, 0.3) is 0 Å². The Morgan fingerprint density at radius 2 is 0.429 bits per heavy atom. The maximum atomic E-state index is 10.7. The van der Waals surface area contributed by atoms with E-state index in [0.29, 0.717) is 46.5 Å². The first kappa shape index (κ1) is 61.2. The van der Waals surface area contributed by atoms with Crippen molar-refractivity contribution in [3.8, 4) is 0 Å². The van der Waals surface area contributed by atoms with Crippen molar-refractivity contribution in [2.24, 2.45) is 0 Å². The van der Waals surface area contributed by atoms with Crippen LogP contribution in [0.4, 0.5) is 72.9 Å². The summed E-state index contributed by atoms with van der Waals surface area (Å²) in [5, 5.41) is 16.9. The van der Waals surface area contributed by atoms with Crippen molar-refractivity contribution in [1.82, 2.24) is 39.9 Å². The molecule has 0 fully saturated rings. The topological polar surface area (TPSA) is 274 Å². The SMILES string of the molecule is O=S(=O)([O-])C(F)(F)F.O=S(=O)([O-])C(F)(F)F.[Mo+3].[W].c1ccc([N-]c2ccccn2)nc1.c1ccc([N-]c2ccccn2)nc1.c1ccc([N-]c2ccccn2)nc1.c1ccc([N-]c2ccccn2)nc1. The van der Waals surface area contributed by atoms with E-state index in [1.165, 1.54) is 0 Å². The second kappa shape index (κ2) is 32.1. The third-order valence-corrected chi connectivity index (χ3v) is 7.81. The van der Waals surface area contributed by atoms with Gasteiger partial charge >= 0.3 is 32.1 Å². The normalized spacial score (nSPS) is 10.3. The van der Waals surface area contributed by atoms with E-state index < -0.39 is 31.3 Å². The zero-order valence-corrected chi connectivity index (χ0v) is 41.8. The maximum Gasteiger partial charge on any atom is 3.00 e. The first-order valence-electron chi connectivity index (χ1n) is 18.5. The molecule has 8 heterocycles. The Balaban J connectivity index is 0.000000423. The summed E-state index contributed by atoms with van der Waals surface area (Å²) >= 11 is 0. The van der Waals surface area contributed by atoms with E-state index in [1.54, 1.807) is 49.6 Å². The smallest absolute Gasteiger partial charge is 0.741 e. The third-order valence-electron chi connectivity index (χ3n) is 6.68. The molecule has 365 valence electrons. The predicted molar refractivity (Wildman–Crippen MR) is 236 cm³/mol. The number of hydrogen-bond donors (Lipinski definition) is 0. The monoisotopic (exact) mass is 1260 g/mol. The molecule has 0 atom stereocenters. The van der Waals surface area contributed by atoms with Gasteiger partial charge in [-0.3, -0.25) is 0 Å². The molecular weight excluding hydrogens is 1230 g/mol. The van der Waals surface area contributed by atoms with Crippen LogP contribution in [-0.4, -0.2) is 76.8 Å². The summed E-state index contributed by atoms with van der Waals surface area (Å²) in [6.07, 6.45) is 13.7. The fourth-order valence-corrected chi connectivity index (χ4v) is 3.83. The number of rotatable bonds is 8. The molecule has 0 aliphatic carbocycles. The van der Waals surface area contributed by atoms with Gasteiger partial charge in [-0.15, -0.1) is 0 Å². The maximum absolute atomic E-state index is 10.7. The molecule has 0 aliphatic rings. The molecule has 28 heteroatoms. The quantitative estimate of drug-likeness (QED) is 0.0592. The van der Waals surface area contributed by atoms with Crippen LogP contribution in [0.5, 0.6) is 0 Å². The van der Waals surface area contributed by atoms with E-state index in [0.717, 1.165) is 0 Å². The molecule has 0 unspecified atom stereocenters. The summed E-state index contributed by atoms with van der Waals surface area (Å²) in [7, 11) is -12.2. The molecule has 0 aromatic carbocycles. The van der Waals surface area contributed by atoms with Crippen molar-refractivity contribution in [3.63, 3.8) is 0 Å². The second-order valence-electron chi connectivity index (χ2n) is 11.8. The minimum atomic E-state index is -6.09. The molecule has 0 saturated carbocycles. The molecule has 0 bridgehead atoms. The van der Waals surface area contributed by atoms with E-state index in [4.69, 9.17) is 25.9 Å². The summed E-state index contributed by atoms with van der Waals surface area (Å²) in [6.45, 7) is 0. The van der Waals surface area contributed by atoms with Gasteiger partial charge in [0, 0.05) is 67.6 Å². The van der Waals surface area contributed by atoms with Crippen LogP contribution in [0.15, 0.2) is 195 Å². The summed E-state index contributed by atoms with van der Waals surface area (Å²) in [6, 6.07) is 44.8. The van der Waals surface area contributed by atoms with Crippen LogP contribution in [0.1, 0.15) is 0 Å². The van der Waals surface area contributed by atoms with Crippen LogP contribution in [0.25, 0.3) is 21.3 Å². The Bertz CT molecular complexity index is 2310. The van der Waals surface area contributed by atoms with Gasteiger partial charge in [0.1, 0.15) is 0 Å². The number of hydrogen-bond acceptors (Lipinski definition) is 14. The first-order valence-corrected chi connectivity index (χ1v) is 21.3. The van der Waals surface area contributed by atoms with Crippen molar-refractivity contribution in [2.45, 2.75) is 11.0 Å². The molecular formula is C42H32F6MoN12O6S2W-3. The molecule has 18 nitrogen and oxygen atoms in total. The van der Waals surface area contributed by atoms with Gasteiger partial charge in [0.2, 0.25) is 0 Å². The molecule has 8 rings (SSSR count). The van der Waals surface area contributed by atoms with Gasteiger partial charge < -0.3 is 70.2 Å². The molecule has 0 amide bonds. The first-order chi connectivity index (χ1) is 32.3. The molecule has 8 aromatic rings. The van der Waals surface area contributed by atoms with E-state index in [1.807, 2.05) is 146 Å². The summed E-state index contributed by atoms with van der Waals surface area (Å²) in [4.78, 5) is 32.5. The van der Waals surface area contributed by atoms with Crippen LogP contribution >= 0.6 is 0 Å². The Morgan fingerprint density at radius 1 is 0.314 bits per heavy atom.